The first-order valence-electron chi connectivity index (χ1n) is 7.02. The van der Waals surface area contributed by atoms with Crippen molar-refractivity contribution in [3.05, 3.63) is 71.8 Å². The molecule has 1 saturated carbocycles. The number of hydrogen-bond acceptors (Lipinski definition) is 0. The molecule has 0 saturated heterocycles. The molecule has 3 rings (SSSR count). The molecule has 0 amide bonds. The third kappa shape index (κ3) is 2.81. The topological polar surface area (TPSA) is 0 Å². The number of rotatable bonds is 5. The van der Waals surface area contributed by atoms with Gasteiger partial charge in [-0.3, -0.25) is 0 Å². The fraction of sp³-hybridized carbons (Fsp3) is 0.333. The van der Waals surface area contributed by atoms with E-state index < -0.39 is 0 Å². The zero-order chi connectivity index (χ0) is 12.2. The lowest BCUT2D eigenvalue weighted by Crippen LogP contribution is -2.03. The summed E-state index contributed by atoms with van der Waals surface area (Å²) < 4.78 is 0. The molecule has 0 spiro atoms. The summed E-state index contributed by atoms with van der Waals surface area (Å²) in [6.07, 6.45) is 5.35. The van der Waals surface area contributed by atoms with Gasteiger partial charge in [0.15, 0.2) is 0 Å². The maximum absolute atomic E-state index is 2.30. The first-order valence-corrected chi connectivity index (χ1v) is 7.02. The van der Waals surface area contributed by atoms with E-state index in [1.54, 1.807) is 0 Å². The molecule has 0 nitrogen and oxygen atoms in total. The quantitative estimate of drug-likeness (QED) is 0.698. The van der Waals surface area contributed by atoms with Crippen LogP contribution in [-0.4, -0.2) is 0 Å². The highest BCUT2D eigenvalue weighted by Crippen LogP contribution is 2.44. The van der Waals surface area contributed by atoms with Crippen LogP contribution in [0.25, 0.3) is 0 Å². The van der Waals surface area contributed by atoms with Crippen LogP contribution in [-0.2, 0) is 6.42 Å². The van der Waals surface area contributed by atoms with Crippen molar-refractivity contribution in [1.29, 1.82) is 0 Å². The van der Waals surface area contributed by atoms with Crippen molar-refractivity contribution in [3.63, 3.8) is 0 Å². The Kier molecular flexibility index (Phi) is 3.45. The van der Waals surface area contributed by atoms with Gasteiger partial charge >= 0.3 is 0 Å². The molecule has 0 heterocycles. The summed E-state index contributed by atoms with van der Waals surface area (Å²) >= 11 is 0. The molecule has 2 aromatic rings. The van der Waals surface area contributed by atoms with Gasteiger partial charge in [-0.2, -0.15) is 0 Å². The molecule has 0 heteroatoms. The Morgan fingerprint density at radius 2 is 1.44 bits per heavy atom. The van der Waals surface area contributed by atoms with Gasteiger partial charge in [0, 0.05) is 0 Å². The normalized spacial score (nSPS) is 16.4. The van der Waals surface area contributed by atoms with E-state index >= 15 is 0 Å². The second-order valence-electron chi connectivity index (χ2n) is 5.38. The van der Waals surface area contributed by atoms with Crippen LogP contribution in [0.2, 0.25) is 0 Å². The van der Waals surface area contributed by atoms with Crippen molar-refractivity contribution < 1.29 is 0 Å². The van der Waals surface area contributed by atoms with Crippen LogP contribution in [0.4, 0.5) is 0 Å². The SMILES string of the molecule is c1ccc(CCC(c2ccccc2)C2CC2)cc1. The molecule has 1 aliphatic carbocycles. The van der Waals surface area contributed by atoms with Crippen molar-refractivity contribution >= 4 is 0 Å². The average Bonchev–Trinajstić information content (AvgIpc) is 3.26. The van der Waals surface area contributed by atoms with E-state index in [0.29, 0.717) is 0 Å². The summed E-state index contributed by atoms with van der Waals surface area (Å²) in [6.45, 7) is 0. The molecule has 0 radical (unpaired) electrons. The standard InChI is InChI=1S/C18H20/c1-3-7-15(8-4-1)11-14-18(17-12-13-17)16-9-5-2-6-10-16/h1-10,17-18H,11-14H2. The van der Waals surface area contributed by atoms with Crippen molar-refractivity contribution in [3.8, 4) is 0 Å². The van der Waals surface area contributed by atoms with Gasteiger partial charge in [0.25, 0.3) is 0 Å². The molecular weight excluding hydrogens is 216 g/mol. The molecular formula is C18H20. The Balaban J connectivity index is 1.68. The van der Waals surface area contributed by atoms with Gasteiger partial charge in [0.1, 0.15) is 0 Å². The fourth-order valence-electron chi connectivity index (χ4n) is 2.84. The summed E-state index contributed by atoms with van der Waals surface area (Å²) in [6, 6.07) is 21.9. The Labute approximate surface area is 110 Å². The lowest BCUT2D eigenvalue weighted by Gasteiger charge is -2.16. The minimum atomic E-state index is 0.770. The lowest BCUT2D eigenvalue weighted by atomic mass is 9.88. The van der Waals surface area contributed by atoms with Gasteiger partial charge in [-0.05, 0) is 48.6 Å². The smallest absolute Gasteiger partial charge is 0.0130 e. The summed E-state index contributed by atoms with van der Waals surface area (Å²) in [5, 5.41) is 0. The van der Waals surface area contributed by atoms with E-state index in [1.807, 2.05) is 0 Å². The molecule has 18 heavy (non-hydrogen) atoms. The van der Waals surface area contributed by atoms with E-state index in [2.05, 4.69) is 60.7 Å². The molecule has 0 N–H and O–H groups in total. The molecule has 2 aromatic carbocycles. The van der Waals surface area contributed by atoms with Crippen molar-refractivity contribution in [1.82, 2.24) is 0 Å². The zero-order valence-corrected chi connectivity index (χ0v) is 10.8. The minimum absolute atomic E-state index is 0.770. The van der Waals surface area contributed by atoms with Gasteiger partial charge in [0.2, 0.25) is 0 Å². The molecule has 1 fully saturated rings. The predicted molar refractivity (Wildman–Crippen MR) is 76.7 cm³/mol. The van der Waals surface area contributed by atoms with Gasteiger partial charge in [-0.1, -0.05) is 60.7 Å². The van der Waals surface area contributed by atoms with Crippen LogP contribution in [0.3, 0.4) is 0 Å². The number of hydrogen-bond donors (Lipinski definition) is 0. The largest absolute Gasteiger partial charge is 0.0622 e. The third-order valence-corrected chi connectivity index (χ3v) is 4.01. The summed E-state index contributed by atoms with van der Waals surface area (Å²) in [5.74, 6) is 1.71. The van der Waals surface area contributed by atoms with Crippen molar-refractivity contribution in [2.75, 3.05) is 0 Å². The predicted octanol–water partition coefficient (Wildman–Crippen LogP) is 4.81. The van der Waals surface area contributed by atoms with Crippen LogP contribution in [0.1, 0.15) is 36.3 Å². The fourth-order valence-corrected chi connectivity index (χ4v) is 2.84. The lowest BCUT2D eigenvalue weighted by molar-refractivity contribution is 0.558. The first kappa shape index (κ1) is 11.5. The maximum Gasteiger partial charge on any atom is -0.0130 e. The summed E-state index contributed by atoms with van der Waals surface area (Å²) in [4.78, 5) is 0. The summed E-state index contributed by atoms with van der Waals surface area (Å²) in [7, 11) is 0. The Hall–Kier alpha value is -1.56. The third-order valence-electron chi connectivity index (χ3n) is 4.01. The van der Waals surface area contributed by atoms with Crippen LogP contribution >= 0.6 is 0 Å². The second-order valence-corrected chi connectivity index (χ2v) is 5.38. The Bertz CT molecular complexity index is 468. The first-order chi connectivity index (χ1) is 8.93. The average molecular weight is 236 g/mol. The van der Waals surface area contributed by atoms with E-state index in [9.17, 15) is 0 Å². The van der Waals surface area contributed by atoms with Crippen LogP contribution in [0.5, 0.6) is 0 Å². The van der Waals surface area contributed by atoms with Crippen LogP contribution in [0, 0.1) is 5.92 Å². The Morgan fingerprint density at radius 1 is 0.833 bits per heavy atom. The molecule has 0 aliphatic heterocycles. The van der Waals surface area contributed by atoms with Gasteiger partial charge in [-0.25, -0.2) is 0 Å². The highest BCUT2D eigenvalue weighted by Gasteiger charge is 2.31. The van der Waals surface area contributed by atoms with Gasteiger partial charge < -0.3 is 0 Å². The molecule has 1 unspecified atom stereocenters. The van der Waals surface area contributed by atoms with E-state index in [-0.39, 0.29) is 0 Å². The van der Waals surface area contributed by atoms with Crippen molar-refractivity contribution in [2.45, 2.75) is 31.6 Å². The number of aryl methyl sites for hydroxylation is 1. The minimum Gasteiger partial charge on any atom is -0.0622 e. The van der Waals surface area contributed by atoms with Gasteiger partial charge in [0.05, 0.1) is 0 Å². The Morgan fingerprint density at radius 3 is 2.06 bits per heavy atom. The second kappa shape index (κ2) is 5.39. The highest BCUT2D eigenvalue weighted by molar-refractivity contribution is 5.23. The van der Waals surface area contributed by atoms with Gasteiger partial charge in [-0.15, -0.1) is 0 Å². The molecule has 1 atom stereocenters. The molecule has 1 aliphatic rings. The van der Waals surface area contributed by atoms with E-state index in [0.717, 1.165) is 11.8 Å². The zero-order valence-electron chi connectivity index (χ0n) is 10.8. The molecule has 92 valence electrons. The molecule has 0 bridgehead atoms. The highest BCUT2D eigenvalue weighted by atomic mass is 14.4. The maximum atomic E-state index is 2.30. The monoisotopic (exact) mass is 236 g/mol. The molecule has 0 aromatic heterocycles. The number of benzene rings is 2. The van der Waals surface area contributed by atoms with Crippen LogP contribution < -0.4 is 0 Å². The van der Waals surface area contributed by atoms with Crippen molar-refractivity contribution in [2.24, 2.45) is 5.92 Å². The van der Waals surface area contributed by atoms with E-state index in [4.69, 9.17) is 0 Å². The summed E-state index contributed by atoms with van der Waals surface area (Å²) in [5.41, 5.74) is 3.01. The van der Waals surface area contributed by atoms with E-state index in [1.165, 1.54) is 36.8 Å². The van der Waals surface area contributed by atoms with Crippen LogP contribution in [0.15, 0.2) is 60.7 Å².